The molecule has 1 unspecified atom stereocenters. The van der Waals surface area contributed by atoms with Gasteiger partial charge in [-0.3, -0.25) is 0 Å². The van der Waals surface area contributed by atoms with Crippen LogP contribution < -0.4 is 5.32 Å². The topological polar surface area (TPSA) is 12.0 Å². The van der Waals surface area contributed by atoms with Gasteiger partial charge in [0.1, 0.15) is 5.82 Å². The summed E-state index contributed by atoms with van der Waals surface area (Å²) in [6.45, 7) is 6.95. The van der Waals surface area contributed by atoms with E-state index in [9.17, 15) is 4.39 Å². The summed E-state index contributed by atoms with van der Waals surface area (Å²) in [6, 6.07) is 11.4. The zero-order chi connectivity index (χ0) is 14.7. The van der Waals surface area contributed by atoms with Gasteiger partial charge in [0, 0.05) is 10.0 Å². The maximum Gasteiger partial charge on any atom is 0.129 e. The van der Waals surface area contributed by atoms with Gasteiger partial charge in [0.15, 0.2) is 0 Å². The highest BCUT2D eigenvalue weighted by molar-refractivity contribution is 9.10. The van der Waals surface area contributed by atoms with Gasteiger partial charge in [-0.25, -0.2) is 4.39 Å². The number of rotatable bonds is 4. The van der Waals surface area contributed by atoms with E-state index in [2.05, 4.69) is 53.3 Å². The van der Waals surface area contributed by atoms with Crippen LogP contribution in [-0.4, -0.2) is 6.54 Å². The van der Waals surface area contributed by atoms with E-state index in [1.807, 2.05) is 19.1 Å². The molecular weight excluding hydrogens is 317 g/mol. The Balaban J connectivity index is 2.53. The summed E-state index contributed by atoms with van der Waals surface area (Å²) in [5, 5.41) is 3.39. The van der Waals surface area contributed by atoms with E-state index in [0.717, 1.165) is 16.6 Å². The van der Waals surface area contributed by atoms with Crippen molar-refractivity contribution in [1.82, 2.24) is 5.32 Å². The van der Waals surface area contributed by atoms with E-state index in [1.165, 1.54) is 17.2 Å². The number of hydrogen-bond donors (Lipinski definition) is 1. The maximum atomic E-state index is 14.3. The summed E-state index contributed by atoms with van der Waals surface area (Å²) in [4.78, 5) is 0. The molecule has 0 radical (unpaired) electrons. The van der Waals surface area contributed by atoms with Crippen molar-refractivity contribution in [3.8, 4) is 0 Å². The first kappa shape index (κ1) is 15.2. The van der Waals surface area contributed by atoms with Crippen molar-refractivity contribution in [1.29, 1.82) is 0 Å². The number of halogens is 2. The molecule has 2 aromatic carbocycles. The van der Waals surface area contributed by atoms with Gasteiger partial charge in [0.2, 0.25) is 0 Å². The van der Waals surface area contributed by atoms with Gasteiger partial charge in [0.05, 0.1) is 6.04 Å². The number of hydrogen-bond acceptors (Lipinski definition) is 1. The quantitative estimate of drug-likeness (QED) is 0.837. The third-order valence-electron chi connectivity index (χ3n) is 3.43. The summed E-state index contributed by atoms with van der Waals surface area (Å²) in [5.74, 6) is -0.189. The van der Waals surface area contributed by atoms with Gasteiger partial charge >= 0.3 is 0 Å². The summed E-state index contributed by atoms with van der Waals surface area (Å²) >= 11 is 3.31. The lowest BCUT2D eigenvalue weighted by Gasteiger charge is -2.22. The normalized spacial score (nSPS) is 12.4. The fraction of sp³-hybridized carbons (Fsp3) is 0.294. The molecule has 1 N–H and O–H groups in total. The molecule has 20 heavy (non-hydrogen) atoms. The molecule has 106 valence electrons. The zero-order valence-electron chi connectivity index (χ0n) is 12.0. The van der Waals surface area contributed by atoms with Crippen molar-refractivity contribution in [2.24, 2.45) is 0 Å². The minimum atomic E-state index is -0.189. The van der Waals surface area contributed by atoms with Crippen LogP contribution in [0.4, 0.5) is 4.39 Å². The molecule has 0 bridgehead atoms. The lowest BCUT2D eigenvalue weighted by atomic mass is 9.93. The second kappa shape index (κ2) is 6.51. The Hall–Kier alpha value is -1.19. The van der Waals surface area contributed by atoms with Crippen molar-refractivity contribution in [3.05, 3.63) is 68.9 Å². The summed E-state index contributed by atoms with van der Waals surface area (Å²) in [6.07, 6.45) is 0. The van der Waals surface area contributed by atoms with Crippen molar-refractivity contribution >= 4 is 15.9 Å². The number of nitrogens with one attached hydrogen (secondary N) is 1. The summed E-state index contributed by atoms with van der Waals surface area (Å²) in [7, 11) is 0. The number of benzene rings is 2. The monoisotopic (exact) mass is 335 g/mol. The minimum absolute atomic E-state index is 0.118. The Bertz CT molecular complexity index is 610. The van der Waals surface area contributed by atoms with Crippen LogP contribution in [0.5, 0.6) is 0 Å². The fourth-order valence-electron chi connectivity index (χ4n) is 2.40. The first-order chi connectivity index (χ1) is 9.52. The molecule has 0 aliphatic carbocycles. The van der Waals surface area contributed by atoms with Gasteiger partial charge in [0.25, 0.3) is 0 Å². The molecule has 2 aromatic rings. The van der Waals surface area contributed by atoms with Gasteiger partial charge in [-0.05, 0) is 43.7 Å². The molecule has 0 aliphatic rings. The van der Waals surface area contributed by atoms with E-state index in [0.29, 0.717) is 5.56 Å². The Kier molecular flexibility index (Phi) is 4.95. The van der Waals surface area contributed by atoms with Crippen molar-refractivity contribution in [2.45, 2.75) is 26.8 Å². The third-order valence-corrected chi connectivity index (χ3v) is 3.92. The van der Waals surface area contributed by atoms with Crippen LogP contribution >= 0.6 is 15.9 Å². The van der Waals surface area contributed by atoms with Crippen molar-refractivity contribution < 1.29 is 4.39 Å². The smallest absolute Gasteiger partial charge is 0.129 e. The number of aryl methyl sites for hydroxylation is 2. The highest BCUT2D eigenvalue weighted by Crippen LogP contribution is 2.29. The summed E-state index contributed by atoms with van der Waals surface area (Å²) < 4.78 is 15.0. The average molecular weight is 336 g/mol. The van der Waals surface area contributed by atoms with E-state index in [4.69, 9.17) is 0 Å². The van der Waals surface area contributed by atoms with Gasteiger partial charge in [-0.15, -0.1) is 0 Å². The predicted molar refractivity (Wildman–Crippen MR) is 85.5 cm³/mol. The third kappa shape index (κ3) is 3.28. The molecule has 0 saturated carbocycles. The first-order valence-corrected chi connectivity index (χ1v) is 7.57. The molecule has 0 fully saturated rings. The molecule has 0 aromatic heterocycles. The molecule has 1 nitrogen and oxygen atoms in total. The highest BCUT2D eigenvalue weighted by Gasteiger charge is 2.19. The molecular formula is C17H19BrFN. The summed E-state index contributed by atoms with van der Waals surface area (Å²) in [5.41, 5.74) is 4.17. The van der Waals surface area contributed by atoms with Crippen LogP contribution in [0.2, 0.25) is 0 Å². The highest BCUT2D eigenvalue weighted by atomic mass is 79.9. The van der Waals surface area contributed by atoms with Crippen LogP contribution in [-0.2, 0) is 0 Å². The maximum absolute atomic E-state index is 14.3. The molecule has 0 saturated heterocycles. The van der Waals surface area contributed by atoms with Gasteiger partial charge in [-0.1, -0.05) is 52.7 Å². The van der Waals surface area contributed by atoms with E-state index < -0.39 is 0 Å². The second-order valence-electron chi connectivity index (χ2n) is 5.02. The first-order valence-electron chi connectivity index (χ1n) is 6.78. The Labute approximate surface area is 128 Å². The average Bonchev–Trinajstić information content (AvgIpc) is 2.40. The van der Waals surface area contributed by atoms with E-state index in [1.54, 1.807) is 0 Å². The minimum Gasteiger partial charge on any atom is -0.306 e. The van der Waals surface area contributed by atoms with E-state index >= 15 is 0 Å². The van der Waals surface area contributed by atoms with Crippen LogP contribution in [0.25, 0.3) is 0 Å². The molecule has 3 heteroatoms. The zero-order valence-corrected chi connectivity index (χ0v) is 13.6. The predicted octanol–water partition coefficient (Wildman–Crippen LogP) is 4.90. The standard InChI is InChI=1S/C17H19BrFN/c1-4-20-17(14-8-7-13(18)10-16(14)19)15-9-11(2)5-6-12(15)3/h5-10,17,20H,4H2,1-3H3. The van der Waals surface area contributed by atoms with Crippen LogP contribution in [0, 0.1) is 19.7 Å². The van der Waals surface area contributed by atoms with Crippen LogP contribution in [0.1, 0.15) is 35.2 Å². The fourth-order valence-corrected chi connectivity index (χ4v) is 2.73. The van der Waals surface area contributed by atoms with Crippen molar-refractivity contribution in [2.75, 3.05) is 6.54 Å². The lowest BCUT2D eigenvalue weighted by molar-refractivity contribution is 0.557. The molecule has 0 amide bonds. The van der Waals surface area contributed by atoms with Gasteiger partial charge < -0.3 is 5.32 Å². The Morgan fingerprint density at radius 2 is 1.85 bits per heavy atom. The van der Waals surface area contributed by atoms with Gasteiger partial charge in [-0.2, -0.15) is 0 Å². The second-order valence-corrected chi connectivity index (χ2v) is 5.93. The molecule has 0 heterocycles. The Morgan fingerprint density at radius 1 is 1.10 bits per heavy atom. The lowest BCUT2D eigenvalue weighted by Crippen LogP contribution is -2.24. The van der Waals surface area contributed by atoms with Crippen LogP contribution in [0.3, 0.4) is 0 Å². The molecule has 2 rings (SSSR count). The van der Waals surface area contributed by atoms with Crippen molar-refractivity contribution in [3.63, 3.8) is 0 Å². The largest absolute Gasteiger partial charge is 0.306 e. The molecule has 0 spiro atoms. The Morgan fingerprint density at radius 3 is 2.50 bits per heavy atom. The van der Waals surface area contributed by atoms with E-state index in [-0.39, 0.29) is 11.9 Å². The SMILES string of the molecule is CCNC(c1cc(C)ccc1C)c1ccc(Br)cc1F. The van der Waals surface area contributed by atoms with Crippen LogP contribution in [0.15, 0.2) is 40.9 Å². The molecule has 0 aliphatic heterocycles. The molecule has 1 atom stereocenters.